The molecular weight excluding hydrogens is 327 g/mol. The highest BCUT2D eigenvalue weighted by Gasteiger charge is 2.20. The normalized spacial score (nSPS) is 15.5. The minimum Gasteiger partial charge on any atom is -0.396 e. The van der Waals surface area contributed by atoms with Crippen molar-refractivity contribution in [3.05, 3.63) is 58.9 Å². The number of nitrogens with zero attached hydrogens (tertiary/aromatic N) is 1. The van der Waals surface area contributed by atoms with Gasteiger partial charge in [0.25, 0.3) is 0 Å². The lowest BCUT2D eigenvalue weighted by Crippen LogP contribution is -2.35. The quantitative estimate of drug-likeness (QED) is 0.845. The van der Waals surface area contributed by atoms with Gasteiger partial charge in [0.1, 0.15) is 5.82 Å². The molecule has 3 rings (SSSR count). The number of aliphatic hydroxyl groups excluding tert-OH is 1. The van der Waals surface area contributed by atoms with Gasteiger partial charge in [-0.05, 0) is 42.5 Å². The molecule has 0 aromatic heterocycles. The molecule has 1 aliphatic rings. The zero-order valence-electron chi connectivity index (χ0n) is 13.5. The van der Waals surface area contributed by atoms with E-state index in [9.17, 15) is 9.50 Å². The summed E-state index contributed by atoms with van der Waals surface area (Å²) in [5.74, 6) is 0.0165. The van der Waals surface area contributed by atoms with Crippen molar-refractivity contribution >= 4 is 23.0 Å². The average Bonchev–Trinajstić information content (AvgIpc) is 2.63. The van der Waals surface area contributed by atoms with Gasteiger partial charge in [0.15, 0.2) is 0 Å². The van der Waals surface area contributed by atoms with E-state index < -0.39 is 5.82 Å². The van der Waals surface area contributed by atoms with E-state index in [2.05, 4.69) is 16.3 Å². The number of hydrogen-bond donors (Lipinski definition) is 2. The van der Waals surface area contributed by atoms with E-state index in [1.54, 1.807) is 6.07 Å². The van der Waals surface area contributed by atoms with Crippen LogP contribution in [0.5, 0.6) is 0 Å². The number of piperidine rings is 1. The molecule has 128 valence electrons. The molecule has 0 aliphatic carbocycles. The topological polar surface area (TPSA) is 35.5 Å². The first-order chi connectivity index (χ1) is 11.7. The Kier molecular flexibility index (Phi) is 5.59. The monoisotopic (exact) mass is 348 g/mol. The molecule has 3 nitrogen and oxygen atoms in total. The van der Waals surface area contributed by atoms with Crippen LogP contribution in [-0.2, 0) is 6.54 Å². The lowest BCUT2D eigenvalue weighted by Gasteiger charge is -2.34. The van der Waals surface area contributed by atoms with E-state index in [-0.39, 0.29) is 11.6 Å². The van der Waals surface area contributed by atoms with Crippen LogP contribution in [0.25, 0.3) is 0 Å². The van der Waals surface area contributed by atoms with Gasteiger partial charge >= 0.3 is 0 Å². The van der Waals surface area contributed by atoms with Crippen LogP contribution < -0.4 is 10.2 Å². The number of benzene rings is 2. The number of hydrogen-bond acceptors (Lipinski definition) is 3. The van der Waals surface area contributed by atoms with Gasteiger partial charge in [-0.1, -0.05) is 35.9 Å². The van der Waals surface area contributed by atoms with Crippen LogP contribution in [0.4, 0.5) is 15.8 Å². The second-order valence-corrected chi connectivity index (χ2v) is 6.57. The molecule has 24 heavy (non-hydrogen) atoms. The molecule has 2 aromatic rings. The Bertz CT molecular complexity index is 687. The molecule has 0 spiro atoms. The summed E-state index contributed by atoms with van der Waals surface area (Å²) in [4.78, 5) is 2.33. The lowest BCUT2D eigenvalue weighted by atomic mass is 9.97. The molecule has 1 aliphatic heterocycles. The van der Waals surface area contributed by atoms with Gasteiger partial charge in [-0.15, -0.1) is 0 Å². The summed E-state index contributed by atoms with van der Waals surface area (Å²) >= 11 is 6.03. The molecular formula is C19H22ClFN2O. The first-order valence-corrected chi connectivity index (χ1v) is 8.68. The van der Waals surface area contributed by atoms with E-state index in [0.29, 0.717) is 12.5 Å². The van der Waals surface area contributed by atoms with Crippen molar-refractivity contribution in [2.75, 3.05) is 29.9 Å². The summed E-state index contributed by atoms with van der Waals surface area (Å²) in [6, 6.07) is 13.0. The summed E-state index contributed by atoms with van der Waals surface area (Å²) in [6.07, 6.45) is 2.00. The second kappa shape index (κ2) is 7.86. The van der Waals surface area contributed by atoms with Crippen LogP contribution in [0.1, 0.15) is 18.4 Å². The standard InChI is InChI=1S/C19H22ClFN2O/c20-19-15(4-3-5-16(19)21)12-22-17-6-1-2-7-18(17)23-10-8-14(13-24)9-11-23/h1-7,14,22,24H,8-13H2. The predicted molar refractivity (Wildman–Crippen MR) is 97.2 cm³/mol. The zero-order valence-corrected chi connectivity index (χ0v) is 14.3. The average molecular weight is 349 g/mol. The molecule has 1 saturated heterocycles. The fourth-order valence-electron chi connectivity index (χ4n) is 3.13. The van der Waals surface area contributed by atoms with Crippen LogP contribution in [0, 0.1) is 11.7 Å². The van der Waals surface area contributed by atoms with Crippen molar-refractivity contribution in [3.63, 3.8) is 0 Å². The molecule has 2 N–H and O–H groups in total. The van der Waals surface area contributed by atoms with Crippen LogP contribution in [0.15, 0.2) is 42.5 Å². The maximum Gasteiger partial charge on any atom is 0.142 e. The number of nitrogens with one attached hydrogen (secondary N) is 1. The van der Waals surface area contributed by atoms with Gasteiger partial charge in [0.05, 0.1) is 16.4 Å². The fraction of sp³-hybridized carbons (Fsp3) is 0.368. The first-order valence-electron chi connectivity index (χ1n) is 8.30. The molecule has 0 radical (unpaired) electrons. The van der Waals surface area contributed by atoms with Crippen molar-refractivity contribution in [3.8, 4) is 0 Å². The third-order valence-electron chi connectivity index (χ3n) is 4.62. The highest BCUT2D eigenvalue weighted by atomic mass is 35.5. The molecule has 1 fully saturated rings. The second-order valence-electron chi connectivity index (χ2n) is 6.20. The summed E-state index contributed by atoms with van der Waals surface area (Å²) in [7, 11) is 0. The molecule has 1 heterocycles. The third kappa shape index (κ3) is 3.82. The van der Waals surface area contributed by atoms with E-state index in [1.807, 2.05) is 24.3 Å². The number of anilines is 2. The molecule has 0 amide bonds. The van der Waals surface area contributed by atoms with Crippen LogP contribution in [0.3, 0.4) is 0 Å². The summed E-state index contributed by atoms with van der Waals surface area (Å²) in [5.41, 5.74) is 2.90. The first kappa shape index (κ1) is 17.1. The highest BCUT2D eigenvalue weighted by Crippen LogP contribution is 2.30. The van der Waals surface area contributed by atoms with Crippen molar-refractivity contribution in [1.29, 1.82) is 0 Å². The molecule has 5 heteroatoms. The van der Waals surface area contributed by atoms with Gasteiger partial charge < -0.3 is 15.3 Å². The Morgan fingerprint density at radius 3 is 2.62 bits per heavy atom. The zero-order chi connectivity index (χ0) is 16.9. The molecule has 0 bridgehead atoms. The van der Waals surface area contributed by atoms with Crippen molar-refractivity contribution < 1.29 is 9.50 Å². The van der Waals surface area contributed by atoms with Gasteiger partial charge in [-0.25, -0.2) is 4.39 Å². The summed E-state index contributed by atoms with van der Waals surface area (Å²) < 4.78 is 13.6. The molecule has 2 aromatic carbocycles. The summed E-state index contributed by atoms with van der Waals surface area (Å²) in [6.45, 7) is 2.61. The summed E-state index contributed by atoms with van der Waals surface area (Å²) in [5, 5.41) is 12.8. The third-order valence-corrected chi connectivity index (χ3v) is 5.04. The van der Waals surface area contributed by atoms with Gasteiger partial charge in [-0.2, -0.15) is 0 Å². The Hall–Kier alpha value is -1.78. The van der Waals surface area contributed by atoms with Gasteiger partial charge in [0.2, 0.25) is 0 Å². The largest absolute Gasteiger partial charge is 0.396 e. The van der Waals surface area contributed by atoms with Gasteiger partial charge in [-0.3, -0.25) is 0 Å². The molecule has 0 unspecified atom stereocenters. The molecule has 0 atom stereocenters. The fourth-order valence-corrected chi connectivity index (χ4v) is 3.32. The number of para-hydroxylation sites is 2. The SMILES string of the molecule is OCC1CCN(c2ccccc2NCc2cccc(F)c2Cl)CC1. The van der Waals surface area contributed by atoms with Gasteiger partial charge in [0, 0.05) is 26.2 Å². The van der Waals surface area contributed by atoms with Crippen molar-refractivity contribution in [2.45, 2.75) is 19.4 Å². The van der Waals surface area contributed by atoms with E-state index >= 15 is 0 Å². The Morgan fingerprint density at radius 2 is 1.88 bits per heavy atom. The molecule has 0 saturated carbocycles. The minimum absolute atomic E-state index is 0.172. The number of halogens is 2. The van der Waals surface area contributed by atoms with E-state index in [4.69, 9.17) is 11.6 Å². The number of rotatable bonds is 5. The Balaban J connectivity index is 1.72. The Labute approximate surface area is 147 Å². The maximum atomic E-state index is 13.6. The van der Waals surface area contributed by atoms with Crippen molar-refractivity contribution in [1.82, 2.24) is 0 Å². The highest BCUT2D eigenvalue weighted by molar-refractivity contribution is 6.31. The van der Waals surface area contributed by atoms with Crippen LogP contribution in [0.2, 0.25) is 5.02 Å². The van der Waals surface area contributed by atoms with Crippen LogP contribution in [-0.4, -0.2) is 24.8 Å². The Morgan fingerprint density at radius 1 is 1.12 bits per heavy atom. The maximum absolute atomic E-state index is 13.6. The predicted octanol–water partition coefficient (Wildman–Crippen LogP) is 4.30. The smallest absolute Gasteiger partial charge is 0.142 e. The van der Waals surface area contributed by atoms with E-state index in [1.165, 1.54) is 6.07 Å². The van der Waals surface area contributed by atoms with E-state index in [0.717, 1.165) is 42.9 Å². The van der Waals surface area contributed by atoms with Crippen molar-refractivity contribution in [2.24, 2.45) is 5.92 Å². The number of aliphatic hydroxyl groups is 1. The van der Waals surface area contributed by atoms with Crippen LogP contribution >= 0.6 is 11.6 Å². The lowest BCUT2D eigenvalue weighted by molar-refractivity contribution is 0.203. The minimum atomic E-state index is -0.393.